The summed E-state index contributed by atoms with van der Waals surface area (Å²) in [5, 5.41) is 2.76. The Kier molecular flexibility index (Phi) is 5.51. The molecule has 2 rings (SSSR count). The van der Waals surface area contributed by atoms with Gasteiger partial charge in [-0.1, -0.05) is 30.3 Å². The third kappa shape index (κ3) is 4.29. The molecule has 3 atom stereocenters. The van der Waals surface area contributed by atoms with Crippen LogP contribution in [0.4, 0.5) is 0 Å². The molecule has 6 nitrogen and oxygen atoms in total. The van der Waals surface area contributed by atoms with Gasteiger partial charge in [-0.15, -0.1) is 0 Å². The van der Waals surface area contributed by atoms with E-state index < -0.39 is 11.9 Å². The molecule has 1 saturated heterocycles. The Bertz CT molecular complexity index is 510. The number of benzene rings is 1. The predicted molar refractivity (Wildman–Crippen MR) is 84.6 cm³/mol. The zero-order valence-corrected chi connectivity index (χ0v) is 13.0. The molecule has 22 heavy (non-hydrogen) atoms. The Morgan fingerprint density at radius 3 is 2.32 bits per heavy atom. The summed E-state index contributed by atoms with van der Waals surface area (Å²) >= 11 is 0. The number of nitrogens with one attached hydrogen (secondary N) is 3. The minimum atomic E-state index is -0.678. The summed E-state index contributed by atoms with van der Waals surface area (Å²) in [5.41, 5.74) is 12.6. The lowest BCUT2D eigenvalue weighted by molar-refractivity contribution is -0.128. The van der Waals surface area contributed by atoms with Crippen LogP contribution in [0, 0.1) is 5.92 Å². The van der Waals surface area contributed by atoms with Crippen molar-refractivity contribution in [1.29, 1.82) is 0 Å². The largest absolute Gasteiger partial charge is 0.368 e. The quantitative estimate of drug-likeness (QED) is 0.599. The Morgan fingerprint density at radius 1 is 1.18 bits per heavy atom. The summed E-state index contributed by atoms with van der Waals surface area (Å²) < 4.78 is 0. The van der Waals surface area contributed by atoms with Crippen LogP contribution in [-0.2, 0) is 16.0 Å². The summed E-state index contributed by atoms with van der Waals surface area (Å²) in [4.78, 5) is 23.8. The Morgan fingerprint density at radius 2 is 1.77 bits per heavy atom. The monoisotopic (exact) mass is 304 g/mol. The van der Waals surface area contributed by atoms with Gasteiger partial charge >= 0.3 is 0 Å². The van der Waals surface area contributed by atoms with Crippen LogP contribution in [0.25, 0.3) is 0 Å². The van der Waals surface area contributed by atoms with Crippen molar-refractivity contribution < 1.29 is 9.59 Å². The zero-order chi connectivity index (χ0) is 16.1. The molecule has 1 aliphatic heterocycles. The van der Waals surface area contributed by atoms with E-state index in [2.05, 4.69) is 16.2 Å². The summed E-state index contributed by atoms with van der Waals surface area (Å²) in [6.45, 7) is 4.06. The molecule has 1 aromatic rings. The van der Waals surface area contributed by atoms with Crippen LogP contribution in [0.5, 0.6) is 0 Å². The summed E-state index contributed by atoms with van der Waals surface area (Å²) in [6, 6.07) is 9.27. The molecule has 0 saturated carbocycles. The topological polar surface area (TPSA) is 96.2 Å². The number of hydrazine groups is 1. The molecule has 1 aliphatic rings. The molecule has 0 radical (unpaired) electrons. The fraction of sp³-hybridized carbons (Fsp3) is 0.500. The summed E-state index contributed by atoms with van der Waals surface area (Å²) in [5.74, 6) is -0.472. The molecule has 0 spiro atoms. The highest BCUT2D eigenvalue weighted by Gasteiger charge is 2.32. The van der Waals surface area contributed by atoms with Crippen LogP contribution in [0.15, 0.2) is 30.3 Å². The highest BCUT2D eigenvalue weighted by Crippen LogP contribution is 2.18. The lowest BCUT2D eigenvalue weighted by atomic mass is 9.92. The molecule has 1 aromatic carbocycles. The van der Waals surface area contributed by atoms with Gasteiger partial charge in [0.2, 0.25) is 11.8 Å². The number of carbonyl (C=O) groups excluding carboxylic acids is 2. The van der Waals surface area contributed by atoms with Crippen molar-refractivity contribution >= 4 is 11.8 Å². The molecular weight excluding hydrogens is 280 g/mol. The zero-order valence-electron chi connectivity index (χ0n) is 13.0. The smallest absolute Gasteiger partial charge is 0.240 e. The van der Waals surface area contributed by atoms with Gasteiger partial charge in [0, 0.05) is 30.8 Å². The van der Waals surface area contributed by atoms with Gasteiger partial charge in [-0.2, -0.15) is 0 Å². The SMILES string of the molecule is CC1NNC(C)C1CC(=O)N[C@@H](Cc1ccccc1)C(N)=O. The van der Waals surface area contributed by atoms with Gasteiger partial charge in [0.25, 0.3) is 0 Å². The van der Waals surface area contributed by atoms with E-state index in [0.717, 1.165) is 5.56 Å². The minimum Gasteiger partial charge on any atom is -0.368 e. The lowest BCUT2D eigenvalue weighted by Crippen LogP contribution is -2.47. The second-order valence-corrected chi connectivity index (χ2v) is 5.95. The van der Waals surface area contributed by atoms with Gasteiger partial charge in [0.05, 0.1) is 0 Å². The molecule has 0 aliphatic carbocycles. The third-order valence-electron chi connectivity index (χ3n) is 4.21. The first-order valence-corrected chi connectivity index (χ1v) is 7.61. The molecule has 1 heterocycles. The second-order valence-electron chi connectivity index (χ2n) is 5.95. The molecule has 1 fully saturated rings. The number of hydrogen-bond donors (Lipinski definition) is 4. The third-order valence-corrected chi connectivity index (χ3v) is 4.21. The van der Waals surface area contributed by atoms with Gasteiger partial charge in [-0.25, -0.2) is 0 Å². The van der Waals surface area contributed by atoms with E-state index in [1.54, 1.807) is 0 Å². The van der Waals surface area contributed by atoms with E-state index in [1.165, 1.54) is 0 Å². The molecule has 0 aromatic heterocycles. The number of rotatable bonds is 6. The minimum absolute atomic E-state index is 0.145. The van der Waals surface area contributed by atoms with E-state index in [-0.39, 0.29) is 23.9 Å². The van der Waals surface area contributed by atoms with Gasteiger partial charge < -0.3 is 11.1 Å². The van der Waals surface area contributed by atoms with Gasteiger partial charge in [-0.3, -0.25) is 20.4 Å². The predicted octanol–water partition coefficient (Wildman–Crippen LogP) is 0.0903. The fourth-order valence-corrected chi connectivity index (χ4v) is 2.80. The second kappa shape index (κ2) is 7.38. The molecule has 0 bridgehead atoms. The van der Waals surface area contributed by atoms with E-state index in [4.69, 9.17) is 5.73 Å². The average molecular weight is 304 g/mol. The van der Waals surface area contributed by atoms with Crippen LogP contribution in [-0.4, -0.2) is 29.9 Å². The summed E-state index contributed by atoms with van der Waals surface area (Å²) in [7, 11) is 0. The van der Waals surface area contributed by atoms with Crippen molar-refractivity contribution in [3.8, 4) is 0 Å². The molecular formula is C16H24N4O2. The van der Waals surface area contributed by atoms with E-state index in [1.807, 2.05) is 44.2 Å². The first-order chi connectivity index (χ1) is 10.5. The number of hydrogen-bond acceptors (Lipinski definition) is 4. The standard InChI is InChI=1S/C16H24N4O2/c1-10-13(11(2)20-19-10)9-15(21)18-14(16(17)22)8-12-6-4-3-5-7-12/h3-7,10-11,13-14,19-20H,8-9H2,1-2H3,(H2,17,22)(H,18,21)/t10?,11?,13?,14-/m0/s1. The average Bonchev–Trinajstić information content (AvgIpc) is 2.79. The normalized spacial score (nSPS) is 25.6. The van der Waals surface area contributed by atoms with Crippen molar-refractivity contribution in [3.05, 3.63) is 35.9 Å². The van der Waals surface area contributed by atoms with E-state index in [0.29, 0.717) is 12.8 Å². The van der Waals surface area contributed by atoms with Crippen LogP contribution in [0.2, 0.25) is 0 Å². The number of amides is 2. The molecule has 2 amide bonds. The fourth-order valence-electron chi connectivity index (χ4n) is 2.80. The van der Waals surface area contributed by atoms with Crippen molar-refractivity contribution in [2.45, 2.75) is 44.8 Å². The Balaban J connectivity index is 1.93. The Hall–Kier alpha value is -1.92. The van der Waals surface area contributed by atoms with E-state index >= 15 is 0 Å². The van der Waals surface area contributed by atoms with Gasteiger partial charge in [0.15, 0.2) is 0 Å². The van der Waals surface area contributed by atoms with Gasteiger partial charge in [0.1, 0.15) is 6.04 Å². The molecule has 120 valence electrons. The van der Waals surface area contributed by atoms with Crippen molar-refractivity contribution in [2.24, 2.45) is 11.7 Å². The number of carbonyl (C=O) groups is 2. The van der Waals surface area contributed by atoms with Crippen LogP contribution < -0.4 is 21.9 Å². The molecule has 6 heteroatoms. The maximum Gasteiger partial charge on any atom is 0.240 e. The van der Waals surface area contributed by atoms with Crippen molar-refractivity contribution in [3.63, 3.8) is 0 Å². The van der Waals surface area contributed by atoms with Crippen LogP contribution in [0.3, 0.4) is 0 Å². The van der Waals surface area contributed by atoms with Gasteiger partial charge in [-0.05, 0) is 19.4 Å². The molecule has 5 N–H and O–H groups in total. The van der Waals surface area contributed by atoms with E-state index in [9.17, 15) is 9.59 Å². The first-order valence-electron chi connectivity index (χ1n) is 7.61. The molecule has 2 unspecified atom stereocenters. The Labute approximate surface area is 130 Å². The van der Waals surface area contributed by atoms with Crippen LogP contribution >= 0.6 is 0 Å². The highest BCUT2D eigenvalue weighted by atomic mass is 16.2. The van der Waals surface area contributed by atoms with Crippen molar-refractivity contribution in [2.75, 3.05) is 0 Å². The summed E-state index contributed by atoms with van der Waals surface area (Å²) in [6.07, 6.45) is 0.773. The van der Waals surface area contributed by atoms with Crippen molar-refractivity contribution in [1.82, 2.24) is 16.2 Å². The highest BCUT2D eigenvalue weighted by molar-refractivity contribution is 5.86. The first kappa shape index (κ1) is 16.5. The van der Waals surface area contributed by atoms with Crippen LogP contribution in [0.1, 0.15) is 25.8 Å². The lowest BCUT2D eigenvalue weighted by Gasteiger charge is -2.20. The maximum absolute atomic E-state index is 12.2. The number of nitrogens with two attached hydrogens (primary N) is 1. The maximum atomic E-state index is 12.2. The number of primary amides is 1.